The quantitative estimate of drug-likeness (QED) is 0.187. The summed E-state index contributed by atoms with van der Waals surface area (Å²) in [5.41, 5.74) is 9.11. The molecule has 7 heteroatoms. The van der Waals surface area contributed by atoms with Crippen LogP contribution in [0.2, 0.25) is 0 Å². The van der Waals surface area contributed by atoms with Gasteiger partial charge >= 0.3 is 0 Å². The van der Waals surface area contributed by atoms with Gasteiger partial charge in [-0.15, -0.1) is 0 Å². The van der Waals surface area contributed by atoms with Gasteiger partial charge in [-0.3, -0.25) is 13.8 Å². The van der Waals surface area contributed by atoms with Crippen LogP contribution in [0.15, 0.2) is 146 Å². The summed E-state index contributed by atoms with van der Waals surface area (Å²) in [6.07, 6.45) is 11.0. The van der Waals surface area contributed by atoms with Gasteiger partial charge in [-0.25, -0.2) is 15.0 Å². The zero-order chi connectivity index (χ0) is 30.9. The molecule has 0 spiro atoms. The number of pyridine rings is 2. The first kappa shape index (κ1) is 25.7. The van der Waals surface area contributed by atoms with E-state index in [1.807, 2.05) is 47.3 Å². The summed E-state index contributed by atoms with van der Waals surface area (Å²) in [6, 6.07) is 38.1. The SMILES string of the molecule is c1ccc(-c2cc3c4ccc(Oc5ccc6c(c5)c5nccn5c5nccnc65)cc4c4nccn4c3cc2-c2ccccc2)cc1. The van der Waals surface area contributed by atoms with E-state index in [2.05, 4.69) is 104 Å². The number of hydrogen-bond acceptors (Lipinski definition) is 5. The van der Waals surface area contributed by atoms with Gasteiger partial charge in [-0.2, -0.15) is 0 Å². The van der Waals surface area contributed by atoms with Gasteiger partial charge in [0.2, 0.25) is 0 Å². The number of imidazole rings is 2. The molecule has 0 aliphatic carbocycles. The topological polar surface area (TPSA) is 69.6 Å². The van der Waals surface area contributed by atoms with Gasteiger partial charge in [0.15, 0.2) is 5.65 Å². The molecule has 5 aromatic heterocycles. The maximum atomic E-state index is 6.53. The van der Waals surface area contributed by atoms with Gasteiger partial charge in [-0.05, 0) is 76.2 Å². The van der Waals surface area contributed by atoms with E-state index >= 15 is 0 Å². The molecule has 0 aliphatic rings. The molecule has 220 valence electrons. The Bertz CT molecular complexity index is 2820. The summed E-state index contributed by atoms with van der Waals surface area (Å²) < 4.78 is 10.7. The number of ether oxygens (including phenoxy) is 1. The third kappa shape index (κ3) is 3.93. The molecule has 47 heavy (non-hydrogen) atoms. The lowest BCUT2D eigenvalue weighted by molar-refractivity contribution is 0.484. The Morgan fingerprint density at radius 2 is 1.00 bits per heavy atom. The highest BCUT2D eigenvalue weighted by atomic mass is 16.5. The van der Waals surface area contributed by atoms with Crippen LogP contribution in [0.5, 0.6) is 11.5 Å². The molecule has 0 amide bonds. The summed E-state index contributed by atoms with van der Waals surface area (Å²) in [6.45, 7) is 0. The van der Waals surface area contributed by atoms with Crippen LogP contribution in [-0.2, 0) is 0 Å². The Labute approximate surface area is 268 Å². The van der Waals surface area contributed by atoms with Crippen LogP contribution in [0.25, 0.3) is 77.2 Å². The third-order valence-corrected chi connectivity index (χ3v) is 9.00. The van der Waals surface area contributed by atoms with E-state index in [4.69, 9.17) is 9.72 Å². The van der Waals surface area contributed by atoms with Crippen LogP contribution < -0.4 is 4.74 Å². The smallest absolute Gasteiger partial charge is 0.165 e. The summed E-state index contributed by atoms with van der Waals surface area (Å²) in [5.74, 6) is 1.44. The largest absolute Gasteiger partial charge is 0.457 e. The number of benzene rings is 5. The van der Waals surface area contributed by atoms with E-state index in [9.17, 15) is 0 Å². The fourth-order valence-electron chi connectivity index (χ4n) is 6.91. The van der Waals surface area contributed by atoms with Crippen molar-refractivity contribution in [1.82, 2.24) is 28.7 Å². The number of fused-ring (bicyclic) bond motifs is 12. The molecule has 0 atom stereocenters. The summed E-state index contributed by atoms with van der Waals surface area (Å²) in [7, 11) is 0. The van der Waals surface area contributed by atoms with Crippen molar-refractivity contribution in [1.29, 1.82) is 0 Å². The second kappa shape index (κ2) is 9.95. The minimum absolute atomic E-state index is 0.712. The lowest BCUT2D eigenvalue weighted by atomic mass is 9.91. The minimum Gasteiger partial charge on any atom is -0.457 e. The zero-order valence-electron chi connectivity index (χ0n) is 24.9. The maximum absolute atomic E-state index is 6.53. The Morgan fingerprint density at radius 1 is 0.426 bits per heavy atom. The Morgan fingerprint density at radius 3 is 1.72 bits per heavy atom. The molecule has 0 saturated heterocycles. The zero-order valence-corrected chi connectivity index (χ0v) is 24.9. The van der Waals surface area contributed by atoms with Gasteiger partial charge in [-0.1, -0.05) is 60.7 Å². The Kier molecular flexibility index (Phi) is 5.44. The molecular formula is C40H24N6O. The first-order valence-corrected chi connectivity index (χ1v) is 15.4. The number of rotatable bonds is 4. The van der Waals surface area contributed by atoms with Crippen molar-refractivity contribution in [2.24, 2.45) is 0 Å². The Balaban J connectivity index is 1.15. The van der Waals surface area contributed by atoms with E-state index in [0.29, 0.717) is 5.75 Å². The normalized spacial score (nSPS) is 11.8. The van der Waals surface area contributed by atoms with Crippen LogP contribution in [-0.4, -0.2) is 28.7 Å². The van der Waals surface area contributed by atoms with Crippen molar-refractivity contribution in [3.05, 3.63) is 146 Å². The van der Waals surface area contributed by atoms with E-state index in [1.165, 1.54) is 22.3 Å². The molecule has 0 saturated carbocycles. The summed E-state index contributed by atoms with van der Waals surface area (Å²) >= 11 is 0. The van der Waals surface area contributed by atoms with Gasteiger partial charge < -0.3 is 4.74 Å². The van der Waals surface area contributed by atoms with Gasteiger partial charge in [0.1, 0.15) is 28.3 Å². The monoisotopic (exact) mass is 604 g/mol. The van der Waals surface area contributed by atoms with Gasteiger partial charge in [0.05, 0.1) is 5.52 Å². The summed E-state index contributed by atoms with van der Waals surface area (Å²) in [5, 5.41) is 5.21. The molecule has 10 rings (SSSR count). The molecule has 0 aliphatic heterocycles. The van der Waals surface area contributed by atoms with Gasteiger partial charge in [0.25, 0.3) is 0 Å². The molecular weight excluding hydrogens is 580 g/mol. The van der Waals surface area contributed by atoms with Crippen molar-refractivity contribution >= 4 is 54.9 Å². The molecule has 7 nitrogen and oxygen atoms in total. The lowest BCUT2D eigenvalue weighted by Gasteiger charge is -2.16. The highest BCUT2D eigenvalue weighted by Gasteiger charge is 2.17. The fraction of sp³-hybridized carbons (Fsp3) is 0. The first-order valence-electron chi connectivity index (χ1n) is 15.4. The van der Waals surface area contributed by atoms with Crippen molar-refractivity contribution in [2.45, 2.75) is 0 Å². The second-order valence-corrected chi connectivity index (χ2v) is 11.6. The predicted octanol–water partition coefficient (Wildman–Crippen LogP) is 9.51. The first-order chi connectivity index (χ1) is 23.3. The fourth-order valence-corrected chi connectivity index (χ4v) is 6.91. The lowest BCUT2D eigenvalue weighted by Crippen LogP contribution is -1.96. The highest BCUT2D eigenvalue weighted by molar-refractivity contribution is 6.14. The molecule has 0 radical (unpaired) electrons. The number of hydrogen-bond donors (Lipinski definition) is 0. The maximum Gasteiger partial charge on any atom is 0.165 e. The van der Waals surface area contributed by atoms with Crippen LogP contribution in [0.4, 0.5) is 0 Å². The molecule has 5 aromatic carbocycles. The van der Waals surface area contributed by atoms with Crippen molar-refractivity contribution in [3.63, 3.8) is 0 Å². The standard InChI is InChI=1S/C40H24N6O/c1-3-7-25(8-4-1)31-23-33-29-13-11-27(21-34(29)38-43-17-19-45(38)36(33)24-32(31)26-9-5-2-6-10-26)47-28-12-14-30-35(22-28)39-44-18-20-46(39)40-37(30)41-15-16-42-40/h1-24H. The van der Waals surface area contributed by atoms with Crippen LogP contribution >= 0.6 is 0 Å². The van der Waals surface area contributed by atoms with E-state index < -0.39 is 0 Å². The second-order valence-electron chi connectivity index (χ2n) is 11.6. The molecule has 0 bridgehead atoms. The molecule has 0 fully saturated rings. The minimum atomic E-state index is 0.712. The van der Waals surface area contributed by atoms with Crippen molar-refractivity contribution in [3.8, 4) is 33.8 Å². The van der Waals surface area contributed by atoms with Crippen molar-refractivity contribution < 1.29 is 4.74 Å². The van der Waals surface area contributed by atoms with Gasteiger partial charge in [0, 0.05) is 58.7 Å². The molecule has 10 aromatic rings. The van der Waals surface area contributed by atoms with Crippen LogP contribution in [0.1, 0.15) is 0 Å². The Hall–Kier alpha value is -6.60. The number of aromatic nitrogens is 6. The van der Waals surface area contributed by atoms with E-state index in [1.54, 1.807) is 18.6 Å². The molecule has 0 unspecified atom stereocenters. The summed E-state index contributed by atoms with van der Waals surface area (Å²) in [4.78, 5) is 18.6. The highest BCUT2D eigenvalue weighted by Crippen LogP contribution is 2.40. The average molecular weight is 605 g/mol. The third-order valence-electron chi connectivity index (χ3n) is 9.00. The van der Waals surface area contributed by atoms with Crippen LogP contribution in [0.3, 0.4) is 0 Å². The average Bonchev–Trinajstić information content (AvgIpc) is 3.84. The van der Waals surface area contributed by atoms with E-state index in [-0.39, 0.29) is 0 Å². The predicted molar refractivity (Wildman–Crippen MR) is 187 cm³/mol. The van der Waals surface area contributed by atoms with Crippen LogP contribution in [0, 0.1) is 0 Å². The van der Waals surface area contributed by atoms with Crippen molar-refractivity contribution in [2.75, 3.05) is 0 Å². The molecule has 5 heterocycles. The number of nitrogens with zero attached hydrogens (tertiary/aromatic N) is 6. The molecule has 0 N–H and O–H groups in total. The van der Waals surface area contributed by atoms with E-state index in [0.717, 1.165) is 60.7 Å².